The summed E-state index contributed by atoms with van der Waals surface area (Å²) in [4.78, 5) is 2.48. The van der Waals surface area contributed by atoms with Gasteiger partial charge in [0.1, 0.15) is 0 Å². The smallest absolute Gasteiger partial charge is 0.0641 e. The molecule has 3 heteroatoms. The van der Waals surface area contributed by atoms with Gasteiger partial charge in [0.05, 0.1) is 6.61 Å². The number of nitrogens with one attached hydrogen (secondary N) is 1. The number of benzene rings is 1. The van der Waals surface area contributed by atoms with Crippen LogP contribution in [0.2, 0.25) is 0 Å². The monoisotopic (exact) mass is 276 g/mol. The van der Waals surface area contributed by atoms with Crippen LogP contribution in [0.15, 0.2) is 24.3 Å². The number of para-hydroxylation sites is 1. The van der Waals surface area contributed by atoms with Crippen molar-refractivity contribution in [1.82, 2.24) is 5.32 Å². The second kappa shape index (κ2) is 8.28. The van der Waals surface area contributed by atoms with E-state index in [-0.39, 0.29) is 0 Å². The quantitative estimate of drug-likeness (QED) is 0.774. The molecule has 0 aliphatic carbocycles. The van der Waals surface area contributed by atoms with Crippen LogP contribution in [0.1, 0.15) is 38.7 Å². The molecule has 0 spiro atoms. The maximum absolute atomic E-state index is 5.74. The normalized spacial score (nSPS) is 18.7. The molecule has 1 aliphatic rings. The predicted molar refractivity (Wildman–Crippen MR) is 85.3 cm³/mol. The first-order valence-corrected chi connectivity index (χ1v) is 7.99. The molecule has 0 saturated heterocycles. The number of nitrogens with zero attached hydrogens (tertiary/aromatic N) is 1. The van der Waals surface area contributed by atoms with Crippen molar-refractivity contribution < 1.29 is 4.74 Å². The molecular weight excluding hydrogens is 248 g/mol. The molecule has 1 atom stereocenters. The van der Waals surface area contributed by atoms with E-state index in [2.05, 4.69) is 48.3 Å². The van der Waals surface area contributed by atoms with Gasteiger partial charge in [-0.3, -0.25) is 0 Å². The van der Waals surface area contributed by atoms with Crippen molar-refractivity contribution >= 4 is 5.69 Å². The Balaban J connectivity index is 1.96. The van der Waals surface area contributed by atoms with Crippen molar-refractivity contribution in [1.29, 1.82) is 0 Å². The summed E-state index contributed by atoms with van der Waals surface area (Å²) in [7, 11) is 0. The molecule has 2 rings (SSSR count). The Morgan fingerprint density at radius 2 is 2.10 bits per heavy atom. The van der Waals surface area contributed by atoms with E-state index < -0.39 is 0 Å². The summed E-state index contributed by atoms with van der Waals surface area (Å²) >= 11 is 0. The summed E-state index contributed by atoms with van der Waals surface area (Å²) in [5, 5.41) is 3.65. The highest BCUT2D eigenvalue weighted by molar-refractivity contribution is 5.54. The molecule has 20 heavy (non-hydrogen) atoms. The minimum Gasteiger partial charge on any atom is -0.380 e. The lowest BCUT2D eigenvalue weighted by Crippen LogP contribution is -2.39. The minimum absolute atomic E-state index is 0.568. The van der Waals surface area contributed by atoms with E-state index in [1.165, 1.54) is 24.1 Å². The predicted octanol–water partition coefficient (Wildman–Crippen LogP) is 3.19. The summed E-state index contributed by atoms with van der Waals surface area (Å²) in [5.74, 6) is 0. The minimum atomic E-state index is 0.568. The van der Waals surface area contributed by atoms with Crippen LogP contribution in [0.5, 0.6) is 0 Å². The molecule has 0 saturated carbocycles. The number of fused-ring (bicyclic) bond motifs is 1. The average Bonchev–Trinajstić information content (AvgIpc) is 2.67. The summed E-state index contributed by atoms with van der Waals surface area (Å²) in [6.45, 7) is 9.20. The number of unbranched alkanes of at least 4 members (excludes halogenated alkanes) is 1. The number of ether oxygens (including phenoxy) is 1. The highest BCUT2D eigenvalue weighted by Gasteiger charge is 2.19. The van der Waals surface area contributed by atoms with Gasteiger partial charge < -0.3 is 15.0 Å². The number of rotatable bonds is 7. The van der Waals surface area contributed by atoms with Gasteiger partial charge in [0.15, 0.2) is 0 Å². The lowest BCUT2D eigenvalue weighted by molar-refractivity contribution is 0.137. The van der Waals surface area contributed by atoms with E-state index in [9.17, 15) is 0 Å². The zero-order valence-electron chi connectivity index (χ0n) is 12.9. The van der Waals surface area contributed by atoms with Crippen molar-refractivity contribution in [2.24, 2.45) is 0 Å². The average molecular weight is 276 g/mol. The molecule has 1 aliphatic heterocycles. The molecule has 0 amide bonds. The summed E-state index contributed by atoms with van der Waals surface area (Å²) in [5.41, 5.74) is 2.77. The third-order valence-electron chi connectivity index (χ3n) is 3.99. The second-order valence-electron chi connectivity index (χ2n) is 5.53. The Morgan fingerprint density at radius 1 is 1.25 bits per heavy atom. The Labute approximate surface area is 123 Å². The molecular formula is C17H28N2O. The van der Waals surface area contributed by atoms with Gasteiger partial charge in [0.2, 0.25) is 0 Å². The molecule has 1 aromatic carbocycles. The van der Waals surface area contributed by atoms with Crippen molar-refractivity contribution in [3.63, 3.8) is 0 Å². The van der Waals surface area contributed by atoms with Gasteiger partial charge in [-0.2, -0.15) is 0 Å². The topological polar surface area (TPSA) is 24.5 Å². The summed E-state index contributed by atoms with van der Waals surface area (Å²) in [6.07, 6.45) is 3.53. The van der Waals surface area contributed by atoms with Crippen LogP contribution >= 0.6 is 0 Å². The SMILES string of the molecule is CCCCOCCN1CC(CC)NCc2ccccc21. The fourth-order valence-corrected chi connectivity index (χ4v) is 2.66. The first-order valence-electron chi connectivity index (χ1n) is 7.99. The highest BCUT2D eigenvalue weighted by Crippen LogP contribution is 2.23. The van der Waals surface area contributed by atoms with E-state index in [0.29, 0.717) is 6.04 Å². The van der Waals surface area contributed by atoms with Gasteiger partial charge in [-0.1, -0.05) is 38.5 Å². The van der Waals surface area contributed by atoms with Gasteiger partial charge in [-0.15, -0.1) is 0 Å². The van der Waals surface area contributed by atoms with E-state index in [1.807, 2.05) is 0 Å². The Kier molecular flexibility index (Phi) is 6.34. The van der Waals surface area contributed by atoms with Gasteiger partial charge in [0, 0.05) is 38.0 Å². The van der Waals surface area contributed by atoms with E-state index >= 15 is 0 Å². The molecule has 112 valence electrons. The van der Waals surface area contributed by atoms with Crippen molar-refractivity contribution in [2.75, 3.05) is 31.2 Å². The molecule has 3 nitrogen and oxygen atoms in total. The zero-order chi connectivity index (χ0) is 14.2. The third kappa shape index (κ3) is 4.22. The lowest BCUT2D eigenvalue weighted by atomic mass is 10.1. The Morgan fingerprint density at radius 3 is 2.90 bits per heavy atom. The molecule has 0 radical (unpaired) electrons. The van der Waals surface area contributed by atoms with Crippen LogP contribution in [-0.2, 0) is 11.3 Å². The van der Waals surface area contributed by atoms with Gasteiger partial charge in [0.25, 0.3) is 0 Å². The fraction of sp³-hybridized carbons (Fsp3) is 0.647. The zero-order valence-corrected chi connectivity index (χ0v) is 12.9. The maximum Gasteiger partial charge on any atom is 0.0641 e. The van der Waals surface area contributed by atoms with E-state index in [1.54, 1.807) is 0 Å². The number of anilines is 1. The molecule has 0 aromatic heterocycles. The first kappa shape index (κ1) is 15.3. The molecule has 0 fully saturated rings. The molecule has 1 unspecified atom stereocenters. The highest BCUT2D eigenvalue weighted by atomic mass is 16.5. The van der Waals surface area contributed by atoms with Gasteiger partial charge >= 0.3 is 0 Å². The summed E-state index contributed by atoms with van der Waals surface area (Å²) in [6, 6.07) is 9.29. The van der Waals surface area contributed by atoms with E-state index in [4.69, 9.17) is 4.74 Å². The van der Waals surface area contributed by atoms with Crippen LogP contribution < -0.4 is 10.2 Å². The molecule has 1 aromatic rings. The first-order chi connectivity index (χ1) is 9.85. The molecule has 0 bridgehead atoms. The van der Waals surface area contributed by atoms with E-state index in [0.717, 1.165) is 39.3 Å². The van der Waals surface area contributed by atoms with Crippen LogP contribution in [0.4, 0.5) is 5.69 Å². The second-order valence-corrected chi connectivity index (χ2v) is 5.53. The number of hydrogen-bond acceptors (Lipinski definition) is 3. The number of hydrogen-bond donors (Lipinski definition) is 1. The molecule has 1 heterocycles. The Bertz CT molecular complexity index is 394. The maximum atomic E-state index is 5.74. The van der Waals surface area contributed by atoms with Gasteiger partial charge in [-0.05, 0) is 24.5 Å². The molecule has 1 N–H and O–H groups in total. The van der Waals surface area contributed by atoms with Crippen molar-refractivity contribution in [2.45, 2.75) is 45.7 Å². The van der Waals surface area contributed by atoms with Crippen molar-refractivity contribution in [3.8, 4) is 0 Å². The largest absolute Gasteiger partial charge is 0.380 e. The van der Waals surface area contributed by atoms with Crippen LogP contribution in [-0.4, -0.2) is 32.3 Å². The van der Waals surface area contributed by atoms with Gasteiger partial charge in [-0.25, -0.2) is 0 Å². The Hall–Kier alpha value is -1.06. The summed E-state index contributed by atoms with van der Waals surface area (Å²) < 4.78 is 5.74. The third-order valence-corrected chi connectivity index (χ3v) is 3.99. The van der Waals surface area contributed by atoms with Crippen molar-refractivity contribution in [3.05, 3.63) is 29.8 Å². The van der Waals surface area contributed by atoms with Crippen LogP contribution in [0.3, 0.4) is 0 Å². The van der Waals surface area contributed by atoms with Crippen LogP contribution in [0, 0.1) is 0 Å². The standard InChI is InChI=1S/C17H28N2O/c1-3-5-11-20-12-10-19-14-16(4-2)18-13-15-8-6-7-9-17(15)19/h6-9,16,18H,3-5,10-14H2,1-2H3. The fourth-order valence-electron chi connectivity index (χ4n) is 2.66. The lowest BCUT2D eigenvalue weighted by Gasteiger charge is -2.27. The van der Waals surface area contributed by atoms with Crippen LogP contribution in [0.25, 0.3) is 0 Å².